The van der Waals surface area contributed by atoms with Crippen LogP contribution in [0.4, 0.5) is 17.1 Å². The quantitative estimate of drug-likeness (QED) is 0.222. The Morgan fingerprint density at radius 3 is 2.34 bits per heavy atom. The van der Waals surface area contributed by atoms with E-state index in [1.165, 1.54) is 67.1 Å². The lowest BCUT2D eigenvalue weighted by Crippen LogP contribution is -2.18. The molecule has 1 atom stereocenters. The topological polar surface area (TPSA) is 3.24 Å². The van der Waals surface area contributed by atoms with Crippen LogP contribution in [0.3, 0.4) is 0 Å². The smallest absolute Gasteiger partial charge is 0.0502 e. The van der Waals surface area contributed by atoms with Gasteiger partial charge in [-0.05, 0) is 107 Å². The summed E-state index contributed by atoms with van der Waals surface area (Å²) in [6.45, 7) is 13.6. The largest absolute Gasteiger partial charge is 0.310 e. The average Bonchev–Trinajstić information content (AvgIpc) is 3.19. The molecule has 1 unspecified atom stereocenters. The number of anilines is 3. The van der Waals surface area contributed by atoms with Gasteiger partial charge < -0.3 is 4.90 Å². The van der Waals surface area contributed by atoms with Crippen molar-refractivity contribution in [2.24, 2.45) is 0 Å². The fraction of sp³-hybridized carbons (Fsp3) is 0.250. The summed E-state index contributed by atoms with van der Waals surface area (Å²) in [5, 5.41) is 0. The van der Waals surface area contributed by atoms with Crippen LogP contribution in [-0.4, -0.2) is 0 Å². The third-order valence-corrected chi connectivity index (χ3v) is 8.94. The lowest BCUT2D eigenvalue weighted by atomic mass is 9.81. The van der Waals surface area contributed by atoms with Crippen LogP contribution in [0, 0.1) is 6.92 Å². The first-order valence-electron chi connectivity index (χ1n) is 15.1. The second kappa shape index (κ2) is 10.7. The molecule has 0 saturated carbocycles. The highest BCUT2D eigenvalue weighted by molar-refractivity contribution is 5.87. The van der Waals surface area contributed by atoms with Crippen LogP contribution in [-0.2, 0) is 5.41 Å². The van der Waals surface area contributed by atoms with E-state index in [0.717, 1.165) is 12.8 Å². The molecule has 0 aromatic heterocycles. The fourth-order valence-corrected chi connectivity index (χ4v) is 6.85. The molecule has 0 fully saturated rings. The number of aryl methyl sites for hydroxylation is 1. The van der Waals surface area contributed by atoms with Crippen molar-refractivity contribution in [3.63, 3.8) is 0 Å². The zero-order valence-electron chi connectivity index (χ0n) is 25.3. The number of rotatable bonds is 6. The third-order valence-electron chi connectivity index (χ3n) is 8.94. The molecule has 0 heterocycles. The molecule has 0 amide bonds. The van der Waals surface area contributed by atoms with Crippen molar-refractivity contribution in [1.82, 2.24) is 0 Å². The maximum atomic E-state index is 2.49. The lowest BCUT2D eigenvalue weighted by Gasteiger charge is -2.32. The summed E-state index contributed by atoms with van der Waals surface area (Å²) in [5.41, 5.74) is 15.8. The number of allylic oxidation sites excluding steroid dienone is 5. The molecule has 6 rings (SSSR count). The molecule has 0 bridgehead atoms. The van der Waals surface area contributed by atoms with Gasteiger partial charge in [0.25, 0.3) is 0 Å². The maximum absolute atomic E-state index is 2.49. The Bertz CT molecular complexity index is 1690. The van der Waals surface area contributed by atoms with E-state index in [0.29, 0.717) is 5.92 Å². The number of fused-ring (bicyclic) bond motifs is 4. The van der Waals surface area contributed by atoms with Crippen molar-refractivity contribution in [2.45, 2.75) is 65.7 Å². The molecule has 0 radical (unpaired) electrons. The van der Waals surface area contributed by atoms with Crippen LogP contribution in [0.1, 0.15) is 86.8 Å². The normalized spacial score (nSPS) is 16.9. The molecule has 4 aromatic rings. The van der Waals surface area contributed by atoms with Crippen LogP contribution in [0.25, 0.3) is 22.8 Å². The van der Waals surface area contributed by atoms with Gasteiger partial charge in [0.15, 0.2) is 0 Å². The predicted molar refractivity (Wildman–Crippen MR) is 179 cm³/mol. The van der Waals surface area contributed by atoms with Gasteiger partial charge in [0.2, 0.25) is 0 Å². The maximum Gasteiger partial charge on any atom is 0.0502 e. The van der Waals surface area contributed by atoms with Gasteiger partial charge in [-0.1, -0.05) is 112 Å². The summed E-state index contributed by atoms with van der Waals surface area (Å²) < 4.78 is 0. The average molecular weight is 536 g/mol. The van der Waals surface area contributed by atoms with E-state index >= 15 is 0 Å². The monoisotopic (exact) mass is 535 g/mol. The van der Waals surface area contributed by atoms with Gasteiger partial charge in [-0.15, -0.1) is 0 Å². The van der Waals surface area contributed by atoms with Crippen molar-refractivity contribution >= 4 is 28.7 Å². The molecule has 2 aliphatic rings. The molecule has 206 valence electrons. The van der Waals surface area contributed by atoms with Crippen molar-refractivity contribution in [2.75, 3.05) is 4.90 Å². The lowest BCUT2D eigenvalue weighted by molar-refractivity contribution is 0.660. The number of hydrogen-bond donors (Lipinski definition) is 0. The summed E-state index contributed by atoms with van der Waals surface area (Å²) in [4.78, 5) is 2.49. The first kappa shape index (κ1) is 27.1. The van der Waals surface area contributed by atoms with E-state index in [2.05, 4.69) is 156 Å². The Hall–Kier alpha value is -4.10. The second-order valence-electron chi connectivity index (χ2n) is 12.2. The highest BCUT2D eigenvalue weighted by Gasteiger charge is 2.36. The summed E-state index contributed by atoms with van der Waals surface area (Å²) in [7, 11) is 0. The van der Waals surface area contributed by atoms with Gasteiger partial charge in [0, 0.05) is 16.8 Å². The van der Waals surface area contributed by atoms with E-state index in [4.69, 9.17) is 0 Å². The Kier molecular flexibility index (Phi) is 7.08. The number of hydrogen-bond acceptors (Lipinski definition) is 1. The first-order valence-corrected chi connectivity index (χ1v) is 15.1. The zero-order chi connectivity index (χ0) is 28.7. The van der Waals surface area contributed by atoms with Crippen LogP contribution in [0.2, 0.25) is 0 Å². The van der Waals surface area contributed by atoms with Crippen molar-refractivity contribution < 1.29 is 0 Å². The highest BCUT2D eigenvalue weighted by atomic mass is 15.1. The molecule has 4 aromatic carbocycles. The van der Waals surface area contributed by atoms with Gasteiger partial charge >= 0.3 is 0 Å². The molecule has 0 saturated heterocycles. The van der Waals surface area contributed by atoms with Gasteiger partial charge in [0.05, 0.1) is 5.69 Å². The third kappa shape index (κ3) is 4.68. The van der Waals surface area contributed by atoms with E-state index in [1.54, 1.807) is 0 Å². The molecule has 2 aliphatic carbocycles. The van der Waals surface area contributed by atoms with Crippen LogP contribution >= 0.6 is 0 Å². The molecule has 1 heteroatoms. The molecular weight excluding hydrogens is 494 g/mol. The van der Waals surface area contributed by atoms with E-state index in [1.807, 2.05) is 0 Å². The molecule has 0 N–H and O–H groups in total. The van der Waals surface area contributed by atoms with Crippen molar-refractivity contribution in [3.8, 4) is 11.1 Å². The van der Waals surface area contributed by atoms with Gasteiger partial charge in [0.1, 0.15) is 0 Å². The Labute approximate surface area is 246 Å². The minimum absolute atomic E-state index is 0.0549. The zero-order valence-corrected chi connectivity index (χ0v) is 25.3. The summed E-state index contributed by atoms with van der Waals surface area (Å²) >= 11 is 0. The van der Waals surface area contributed by atoms with Crippen molar-refractivity contribution in [1.29, 1.82) is 0 Å². The minimum atomic E-state index is -0.0549. The first-order chi connectivity index (χ1) is 19.8. The standard InChI is InChI=1S/C40H41N/c1-7-11-29(12-8-2)30-18-20-32(21-19-30)41(38-16-10-15-31-14-9-13-28(4)39(31)38)33-22-24-35-34-23-17-27(3)25-36(34)40(5,6)37(35)26-33/h7,9-12,14-26,28H,8,13H2,1-6H3/b11-7-,29-12+. The van der Waals surface area contributed by atoms with Crippen LogP contribution in [0.5, 0.6) is 0 Å². The summed E-state index contributed by atoms with van der Waals surface area (Å²) in [6, 6.07) is 30.0. The highest BCUT2D eigenvalue weighted by Crippen LogP contribution is 2.51. The molecular formula is C40H41N. The SMILES string of the molecule is C/C=C\C(=C/CC)c1ccc(N(c2ccc3c(c2)C(C)(C)c2cc(C)ccc2-3)c2cccc3c2C(C)CC=C3)cc1. The Morgan fingerprint density at radius 1 is 0.902 bits per heavy atom. The molecule has 41 heavy (non-hydrogen) atoms. The number of benzene rings is 4. The number of nitrogens with zero attached hydrogens (tertiary/aromatic N) is 1. The van der Waals surface area contributed by atoms with E-state index < -0.39 is 0 Å². The van der Waals surface area contributed by atoms with Gasteiger partial charge in [-0.25, -0.2) is 0 Å². The van der Waals surface area contributed by atoms with Gasteiger partial charge in [-0.2, -0.15) is 0 Å². The fourth-order valence-electron chi connectivity index (χ4n) is 6.85. The summed E-state index contributed by atoms with van der Waals surface area (Å²) in [6.07, 6.45) is 13.3. The Morgan fingerprint density at radius 2 is 1.61 bits per heavy atom. The van der Waals surface area contributed by atoms with E-state index in [9.17, 15) is 0 Å². The van der Waals surface area contributed by atoms with E-state index in [-0.39, 0.29) is 5.41 Å². The molecule has 0 spiro atoms. The second-order valence-corrected chi connectivity index (χ2v) is 12.2. The van der Waals surface area contributed by atoms with Crippen LogP contribution < -0.4 is 4.90 Å². The van der Waals surface area contributed by atoms with Crippen LogP contribution in [0.15, 0.2) is 103 Å². The van der Waals surface area contributed by atoms with Crippen molar-refractivity contribution in [3.05, 3.63) is 137 Å². The molecule has 1 nitrogen and oxygen atoms in total. The minimum Gasteiger partial charge on any atom is -0.310 e. The Balaban J connectivity index is 1.54. The summed E-state index contributed by atoms with van der Waals surface area (Å²) in [5.74, 6) is 0.458. The van der Waals surface area contributed by atoms with Gasteiger partial charge in [-0.3, -0.25) is 0 Å². The molecule has 0 aliphatic heterocycles. The predicted octanol–water partition coefficient (Wildman–Crippen LogP) is 11.7.